The van der Waals surface area contributed by atoms with E-state index in [1.807, 2.05) is 18.2 Å². The summed E-state index contributed by atoms with van der Waals surface area (Å²) in [6.45, 7) is 0. The maximum atomic E-state index is 6.45. The average molecular weight is 578 g/mol. The molecule has 0 spiro atoms. The van der Waals surface area contributed by atoms with Gasteiger partial charge in [-0.1, -0.05) is 121 Å². The van der Waals surface area contributed by atoms with Crippen LogP contribution >= 0.6 is 0 Å². The molecule has 1 unspecified atom stereocenters. The van der Waals surface area contributed by atoms with Gasteiger partial charge in [-0.2, -0.15) is 0 Å². The smallest absolute Gasteiger partial charge is 0.160 e. The molecule has 1 aromatic heterocycles. The van der Waals surface area contributed by atoms with Gasteiger partial charge in [0.15, 0.2) is 5.84 Å². The lowest BCUT2D eigenvalue weighted by Crippen LogP contribution is -2.33. The monoisotopic (exact) mass is 577 g/mol. The minimum atomic E-state index is -0.318. The van der Waals surface area contributed by atoms with Crippen LogP contribution in [0.4, 0.5) is 0 Å². The number of furan rings is 1. The molecule has 1 atom stereocenters. The molecule has 45 heavy (non-hydrogen) atoms. The SMILES string of the molecule is c1ccc(-c2ccc3c(c2)oc2cccc(C4=NC(c5ccc6ccccc6c5)NC(c5ccc6ccccc6c5)=N4)c23)cc1. The van der Waals surface area contributed by atoms with E-state index < -0.39 is 0 Å². The number of amidine groups is 2. The highest BCUT2D eigenvalue weighted by Crippen LogP contribution is 2.36. The van der Waals surface area contributed by atoms with Crippen molar-refractivity contribution < 1.29 is 4.42 Å². The predicted molar refractivity (Wildman–Crippen MR) is 186 cm³/mol. The van der Waals surface area contributed by atoms with E-state index >= 15 is 0 Å². The molecule has 0 saturated heterocycles. The van der Waals surface area contributed by atoms with Crippen LogP contribution in [0.5, 0.6) is 0 Å². The second kappa shape index (κ2) is 10.3. The third-order valence-corrected chi connectivity index (χ3v) is 8.70. The standard InChI is InChI=1S/C41H27N3O/c1-2-9-26(10-3-1)31-21-22-34-37(25-31)45-36-16-8-15-35(38(34)36)41-43-39(32-19-17-27-11-4-6-13-29(27)23-32)42-40(44-41)33-20-18-28-12-5-7-14-30(28)24-33/h1-25,39H,(H,42,43,44). The molecule has 0 aliphatic carbocycles. The van der Waals surface area contributed by atoms with Crippen LogP contribution in [-0.4, -0.2) is 11.7 Å². The van der Waals surface area contributed by atoms with Crippen molar-refractivity contribution in [2.24, 2.45) is 9.98 Å². The van der Waals surface area contributed by atoms with Gasteiger partial charge in [0.2, 0.25) is 0 Å². The van der Waals surface area contributed by atoms with Gasteiger partial charge < -0.3 is 9.73 Å². The maximum absolute atomic E-state index is 6.45. The summed E-state index contributed by atoms with van der Waals surface area (Å²) >= 11 is 0. The van der Waals surface area contributed by atoms with Crippen molar-refractivity contribution in [1.82, 2.24) is 5.32 Å². The van der Waals surface area contributed by atoms with E-state index in [9.17, 15) is 0 Å². The van der Waals surface area contributed by atoms with E-state index in [0.717, 1.165) is 55.6 Å². The third kappa shape index (κ3) is 4.47. The first-order valence-corrected chi connectivity index (χ1v) is 15.2. The van der Waals surface area contributed by atoms with Gasteiger partial charge in [-0.25, -0.2) is 9.98 Å². The molecular weight excluding hydrogens is 550 g/mol. The van der Waals surface area contributed by atoms with Crippen molar-refractivity contribution in [1.29, 1.82) is 0 Å². The van der Waals surface area contributed by atoms with Crippen LogP contribution in [-0.2, 0) is 0 Å². The summed E-state index contributed by atoms with van der Waals surface area (Å²) in [4.78, 5) is 10.4. The number of aliphatic imine (C=N–C) groups is 2. The highest BCUT2D eigenvalue weighted by atomic mass is 16.3. The Bertz CT molecular complexity index is 2470. The molecule has 212 valence electrons. The van der Waals surface area contributed by atoms with Gasteiger partial charge in [-0.3, -0.25) is 0 Å². The summed E-state index contributed by atoms with van der Waals surface area (Å²) in [6, 6.07) is 52.8. The first-order valence-electron chi connectivity index (χ1n) is 15.2. The zero-order valence-electron chi connectivity index (χ0n) is 24.3. The van der Waals surface area contributed by atoms with E-state index in [0.29, 0.717) is 5.84 Å². The van der Waals surface area contributed by atoms with Crippen LogP contribution in [0.2, 0.25) is 0 Å². The minimum absolute atomic E-state index is 0.318. The van der Waals surface area contributed by atoms with Gasteiger partial charge in [0.25, 0.3) is 0 Å². The molecule has 0 amide bonds. The maximum Gasteiger partial charge on any atom is 0.160 e. The van der Waals surface area contributed by atoms with E-state index in [2.05, 4.69) is 139 Å². The molecular formula is C41H27N3O. The molecule has 4 heteroatoms. The molecule has 0 fully saturated rings. The molecule has 7 aromatic carbocycles. The first kappa shape index (κ1) is 25.5. The van der Waals surface area contributed by atoms with Gasteiger partial charge in [-0.05, 0) is 68.6 Å². The average Bonchev–Trinajstić information content (AvgIpc) is 3.49. The number of fused-ring (bicyclic) bond motifs is 5. The normalized spacial score (nSPS) is 14.9. The van der Waals surface area contributed by atoms with Crippen LogP contribution in [0.3, 0.4) is 0 Å². The van der Waals surface area contributed by atoms with Gasteiger partial charge in [0, 0.05) is 21.9 Å². The van der Waals surface area contributed by atoms with Crippen LogP contribution < -0.4 is 5.32 Å². The van der Waals surface area contributed by atoms with Crippen molar-refractivity contribution >= 4 is 55.2 Å². The lowest BCUT2D eigenvalue weighted by molar-refractivity contribution is 0.668. The first-order chi connectivity index (χ1) is 22.3. The van der Waals surface area contributed by atoms with Crippen molar-refractivity contribution in [2.45, 2.75) is 6.17 Å². The lowest BCUT2D eigenvalue weighted by atomic mass is 10.0. The molecule has 1 aliphatic rings. The zero-order valence-corrected chi connectivity index (χ0v) is 24.3. The molecule has 0 saturated carbocycles. The number of hydrogen-bond acceptors (Lipinski definition) is 4. The second-order valence-electron chi connectivity index (χ2n) is 11.5. The van der Waals surface area contributed by atoms with Crippen LogP contribution in [0.15, 0.2) is 166 Å². The van der Waals surface area contributed by atoms with Gasteiger partial charge in [0.1, 0.15) is 23.2 Å². The summed E-state index contributed by atoms with van der Waals surface area (Å²) in [5.74, 6) is 1.47. The predicted octanol–water partition coefficient (Wildman–Crippen LogP) is 10.1. The highest BCUT2D eigenvalue weighted by molar-refractivity contribution is 6.22. The van der Waals surface area contributed by atoms with Crippen molar-refractivity contribution in [3.63, 3.8) is 0 Å². The Balaban J connectivity index is 1.22. The van der Waals surface area contributed by atoms with Crippen molar-refractivity contribution in [3.05, 3.63) is 168 Å². The summed E-state index contributed by atoms with van der Waals surface area (Å²) in [5.41, 5.74) is 6.99. The fraction of sp³-hybridized carbons (Fsp3) is 0.0244. The molecule has 2 heterocycles. The Kier molecular flexibility index (Phi) is 5.85. The number of nitrogens with zero attached hydrogens (tertiary/aromatic N) is 2. The molecule has 8 aromatic rings. The fourth-order valence-corrected chi connectivity index (χ4v) is 6.42. The topological polar surface area (TPSA) is 49.9 Å². The lowest BCUT2D eigenvalue weighted by Gasteiger charge is -2.24. The van der Waals surface area contributed by atoms with Crippen molar-refractivity contribution in [3.8, 4) is 11.1 Å². The third-order valence-electron chi connectivity index (χ3n) is 8.70. The fourth-order valence-electron chi connectivity index (χ4n) is 6.42. The Morgan fingerprint density at radius 3 is 2.04 bits per heavy atom. The Morgan fingerprint density at radius 2 is 1.22 bits per heavy atom. The zero-order chi connectivity index (χ0) is 29.7. The number of rotatable bonds is 4. The Hall–Kier alpha value is -6.00. The van der Waals surface area contributed by atoms with Crippen LogP contribution in [0, 0.1) is 0 Å². The number of hydrogen-bond donors (Lipinski definition) is 1. The Morgan fingerprint density at radius 1 is 0.511 bits per heavy atom. The molecule has 1 aliphatic heterocycles. The summed E-state index contributed by atoms with van der Waals surface area (Å²) < 4.78 is 6.45. The van der Waals surface area contributed by atoms with Gasteiger partial charge >= 0.3 is 0 Å². The minimum Gasteiger partial charge on any atom is -0.456 e. The summed E-state index contributed by atoms with van der Waals surface area (Å²) in [5, 5.41) is 10.5. The molecule has 0 radical (unpaired) electrons. The van der Waals surface area contributed by atoms with Crippen LogP contribution in [0.25, 0.3) is 54.6 Å². The second-order valence-corrected chi connectivity index (χ2v) is 11.5. The largest absolute Gasteiger partial charge is 0.456 e. The van der Waals surface area contributed by atoms with Gasteiger partial charge in [0.05, 0.1) is 0 Å². The number of benzene rings is 7. The quantitative estimate of drug-likeness (QED) is 0.226. The van der Waals surface area contributed by atoms with E-state index in [1.165, 1.54) is 21.5 Å². The molecule has 0 bridgehead atoms. The van der Waals surface area contributed by atoms with E-state index in [1.54, 1.807) is 0 Å². The summed E-state index contributed by atoms with van der Waals surface area (Å²) in [6.07, 6.45) is -0.318. The van der Waals surface area contributed by atoms with E-state index in [4.69, 9.17) is 14.4 Å². The number of nitrogens with one attached hydrogen (secondary N) is 1. The Labute approximate surface area is 260 Å². The molecule has 4 nitrogen and oxygen atoms in total. The van der Waals surface area contributed by atoms with Gasteiger partial charge in [-0.15, -0.1) is 0 Å². The molecule has 1 N–H and O–H groups in total. The summed E-state index contributed by atoms with van der Waals surface area (Å²) in [7, 11) is 0. The molecule has 9 rings (SSSR count). The van der Waals surface area contributed by atoms with Crippen molar-refractivity contribution in [2.75, 3.05) is 0 Å². The van der Waals surface area contributed by atoms with Crippen LogP contribution in [0.1, 0.15) is 22.9 Å². The highest BCUT2D eigenvalue weighted by Gasteiger charge is 2.24. The van der Waals surface area contributed by atoms with E-state index in [-0.39, 0.29) is 6.17 Å².